The van der Waals surface area contributed by atoms with E-state index in [1.165, 1.54) is 5.57 Å². The van der Waals surface area contributed by atoms with Gasteiger partial charge in [0.05, 0.1) is 0 Å². The Morgan fingerprint density at radius 1 is 1.04 bits per heavy atom. The number of hydrogen-bond acceptors (Lipinski definition) is 4. The summed E-state index contributed by atoms with van der Waals surface area (Å²) in [6, 6.07) is 17.0. The molecule has 2 aromatic rings. The summed E-state index contributed by atoms with van der Waals surface area (Å²) in [5.41, 5.74) is 2.03. The highest BCUT2D eigenvalue weighted by Crippen LogP contribution is 2.55. The number of rotatable bonds is 6. The predicted molar refractivity (Wildman–Crippen MR) is 105 cm³/mol. The van der Waals surface area contributed by atoms with Gasteiger partial charge in [-0.15, -0.1) is 0 Å². The molecule has 1 fully saturated rings. The minimum atomic E-state index is -0.632. The Morgan fingerprint density at radius 3 is 2.44 bits per heavy atom. The van der Waals surface area contributed by atoms with Crippen LogP contribution in [-0.2, 0) is 16.1 Å². The first kappa shape index (κ1) is 19.0. The lowest BCUT2D eigenvalue weighted by atomic mass is 10.1. The molecule has 0 aromatic heterocycles. The predicted octanol–water partition coefficient (Wildman–Crippen LogP) is 6.12. The third kappa shape index (κ3) is 4.91. The Bertz CT molecular complexity index is 819. The average molecular weight is 366 g/mol. The molecule has 4 nitrogen and oxygen atoms in total. The number of allylic oxidation sites excluding steroid dienone is 1. The fourth-order valence-corrected chi connectivity index (χ4v) is 3.12. The van der Waals surface area contributed by atoms with Crippen molar-refractivity contribution in [2.75, 3.05) is 0 Å². The molecule has 0 spiro atoms. The Kier molecular flexibility index (Phi) is 5.54. The van der Waals surface area contributed by atoms with E-state index in [1.807, 2.05) is 68.4 Å². The zero-order chi connectivity index (χ0) is 19.4. The summed E-state index contributed by atoms with van der Waals surface area (Å²) < 4.78 is 16.6. The lowest BCUT2D eigenvalue weighted by Gasteiger charge is -2.09. The molecule has 2 aromatic carbocycles. The highest BCUT2D eigenvalue weighted by Gasteiger charge is 2.59. The van der Waals surface area contributed by atoms with Crippen LogP contribution in [0.4, 0.5) is 4.79 Å². The maximum Gasteiger partial charge on any atom is 0.508 e. The molecular formula is C23H26O4. The maximum absolute atomic E-state index is 12.1. The summed E-state index contributed by atoms with van der Waals surface area (Å²) in [7, 11) is 0. The number of ether oxygens (including phenoxy) is 3. The third-order valence-corrected chi connectivity index (χ3v) is 4.78. The van der Waals surface area contributed by atoms with Crippen molar-refractivity contribution in [3.63, 3.8) is 0 Å². The third-order valence-electron chi connectivity index (χ3n) is 4.78. The number of hydrogen-bond donors (Lipinski definition) is 0. The van der Waals surface area contributed by atoms with Gasteiger partial charge in [0.15, 0.2) is 0 Å². The second-order valence-corrected chi connectivity index (χ2v) is 7.73. The van der Waals surface area contributed by atoms with E-state index in [0.29, 0.717) is 5.75 Å². The quantitative estimate of drug-likeness (QED) is 0.456. The van der Waals surface area contributed by atoms with Crippen LogP contribution in [0.3, 0.4) is 0 Å². The summed E-state index contributed by atoms with van der Waals surface area (Å²) >= 11 is 0. The minimum Gasteiger partial charge on any atom is -0.457 e. The van der Waals surface area contributed by atoms with E-state index < -0.39 is 6.16 Å². The molecule has 3 rings (SSSR count). The maximum atomic E-state index is 12.1. The van der Waals surface area contributed by atoms with Crippen molar-refractivity contribution in [2.24, 2.45) is 11.3 Å². The number of benzene rings is 2. The van der Waals surface area contributed by atoms with Crippen LogP contribution < -0.4 is 4.74 Å². The van der Waals surface area contributed by atoms with Gasteiger partial charge in [-0.2, -0.15) is 0 Å². The second-order valence-electron chi connectivity index (χ2n) is 7.73. The van der Waals surface area contributed by atoms with E-state index in [1.54, 1.807) is 0 Å². The van der Waals surface area contributed by atoms with Gasteiger partial charge in [0.2, 0.25) is 0 Å². The van der Waals surface area contributed by atoms with Crippen LogP contribution in [0.5, 0.6) is 11.5 Å². The van der Waals surface area contributed by atoms with Crippen molar-refractivity contribution in [3.05, 3.63) is 71.8 Å². The van der Waals surface area contributed by atoms with Crippen LogP contribution in [0.15, 0.2) is 66.2 Å². The summed E-state index contributed by atoms with van der Waals surface area (Å²) in [5, 5.41) is 0. The first-order valence-electron chi connectivity index (χ1n) is 9.16. The van der Waals surface area contributed by atoms with E-state index in [-0.39, 0.29) is 24.0 Å². The van der Waals surface area contributed by atoms with Gasteiger partial charge in [-0.1, -0.05) is 55.8 Å². The van der Waals surface area contributed by atoms with E-state index >= 15 is 0 Å². The lowest BCUT2D eigenvalue weighted by molar-refractivity contribution is 0.0356. The van der Waals surface area contributed by atoms with Gasteiger partial charge in [0, 0.05) is 11.3 Å². The molecule has 0 saturated heterocycles. The highest BCUT2D eigenvalue weighted by molar-refractivity contribution is 5.61. The Hall–Kier alpha value is -2.75. The monoisotopic (exact) mass is 366 g/mol. The standard InChI is InChI=1S/C23H26O4/c1-16(2)13-20-21(23(20,3)4)27-22(24)25-15-17-9-8-12-19(14-17)26-18-10-6-5-7-11-18/h5-14,20-21H,15H2,1-4H3. The van der Waals surface area contributed by atoms with Crippen LogP contribution in [0.1, 0.15) is 33.3 Å². The molecular weight excluding hydrogens is 340 g/mol. The highest BCUT2D eigenvalue weighted by atomic mass is 16.7. The van der Waals surface area contributed by atoms with Gasteiger partial charge in [0.1, 0.15) is 24.2 Å². The Morgan fingerprint density at radius 2 is 1.74 bits per heavy atom. The fraction of sp³-hybridized carbons (Fsp3) is 0.348. The molecule has 0 aliphatic heterocycles. The molecule has 27 heavy (non-hydrogen) atoms. The van der Waals surface area contributed by atoms with Crippen LogP contribution in [-0.4, -0.2) is 12.3 Å². The minimum absolute atomic E-state index is 0.0419. The SMILES string of the molecule is CC(C)=CC1C(OC(=O)OCc2cccc(Oc3ccccc3)c2)C1(C)C. The zero-order valence-electron chi connectivity index (χ0n) is 16.3. The number of carbonyl (C=O) groups excluding carboxylic acids is 1. The van der Waals surface area contributed by atoms with E-state index in [0.717, 1.165) is 11.3 Å². The zero-order valence-corrected chi connectivity index (χ0v) is 16.3. The van der Waals surface area contributed by atoms with Gasteiger partial charge in [-0.05, 0) is 43.7 Å². The van der Waals surface area contributed by atoms with Crippen LogP contribution >= 0.6 is 0 Å². The molecule has 0 amide bonds. The van der Waals surface area contributed by atoms with Crippen LogP contribution in [0.25, 0.3) is 0 Å². The van der Waals surface area contributed by atoms with Gasteiger partial charge >= 0.3 is 6.16 Å². The fourth-order valence-electron chi connectivity index (χ4n) is 3.12. The van der Waals surface area contributed by atoms with Crippen LogP contribution in [0.2, 0.25) is 0 Å². The van der Waals surface area contributed by atoms with Crippen molar-refractivity contribution in [2.45, 2.75) is 40.4 Å². The molecule has 1 saturated carbocycles. The van der Waals surface area contributed by atoms with Crippen molar-refractivity contribution in [3.8, 4) is 11.5 Å². The van der Waals surface area contributed by atoms with Crippen molar-refractivity contribution < 1.29 is 19.0 Å². The Labute approximate surface area is 160 Å². The van der Waals surface area contributed by atoms with E-state index in [4.69, 9.17) is 14.2 Å². The summed E-state index contributed by atoms with van der Waals surface area (Å²) in [6.07, 6.45) is 1.39. The molecule has 0 N–H and O–H groups in total. The van der Waals surface area contributed by atoms with Gasteiger partial charge in [0.25, 0.3) is 0 Å². The van der Waals surface area contributed by atoms with Crippen LogP contribution in [0, 0.1) is 11.3 Å². The van der Waals surface area contributed by atoms with Crippen molar-refractivity contribution >= 4 is 6.16 Å². The van der Waals surface area contributed by atoms with E-state index in [9.17, 15) is 4.79 Å². The summed E-state index contributed by atoms with van der Waals surface area (Å²) in [5.74, 6) is 1.71. The number of carbonyl (C=O) groups is 1. The molecule has 0 heterocycles. The molecule has 1 aliphatic carbocycles. The smallest absolute Gasteiger partial charge is 0.457 e. The van der Waals surface area contributed by atoms with Crippen molar-refractivity contribution in [1.29, 1.82) is 0 Å². The van der Waals surface area contributed by atoms with Gasteiger partial charge < -0.3 is 14.2 Å². The summed E-state index contributed by atoms with van der Waals surface area (Å²) in [6.45, 7) is 8.44. The van der Waals surface area contributed by atoms with Gasteiger partial charge in [-0.3, -0.25) is 0 Å². The largest absolute Gasteiger partial charge is 0.508 e. The molecule has 0 radical (unpaired) electrons. The Balaban J connectivity index is 1.52. The molecule has 2 unspecified atom stereocenters. The molecule has 142 valence electrons. The first-order chi connectivity index (χ1) is 12.9. The average Bonchev–Trinajstić information content (AvgIpc) is 3.12. The topological polar surface area (TPSA) is 44.8 Å². The lowest BCUT2D eigenvalue weighted by Crippen LogP contribution is -2.12. The summed E-state index contributed by atoms with van der Waals surface area (Å²) in [4.78, 5) is 12.1. The molecule has 4 heteroatoms. The van der Waals surface area contributed by atoms with Gasteiger partial charge in [-0.25, -0.2) is 4.79 Å². The first-order valence-corrected chi connectivity index (χ1v) is 9.16. The number of para-hydroxylation sites is 1. The van der Waals surface area contributed by atoms with Crippen molar-refractivity contribution in [1.82, 2.24) is 0 Å². The molecule has 2 atom stereocenters. The van der Waals surface area contributed by atoms with E-state index in [2.05, 4.69) is 19.9 Å². The second kappa shape index (κ2) is 7.87. The molecule has 1 aliphatic rings. The molecule has 0 bridgehead atoms. The normalized spacial score (nSPS) is 19.7.